The number of ether oxygens (including phenoxy) is 1. The number of aliphatic imine (C=N–C) groups is 1. The van der Waals surface area contributed by atoms with E-state index in [9.17, 15) is 17.6 Å². The lowest BCUT2D eigenvalue weighted by Gasteiger charge is -2.51. The van der Waals surface area contributed by atoms with Crippen LogP contribution in [0.5, 0.6) is 0 Å². The van der Waals surface area contributed by atoms with Crippen molar-refractivity contribution >= 4 is 5.84 Å². The van der Waals surface area contributed by atoms with E-state index in [1.54, 1.807) is 0 Å². The molecule has 23 heavy (non-hydrogen) atoms. The molecule has 2 saturated heterocycles. The Morgan fingerprint density at radius 1 is 1.30 bits per heavy atom. The topological polar surface area (TPSA) is 80.1 Å². The Morgan fingerprint density at radius 2 is 2.00 bits per heavy atom. The molecule has 0 amide bonds. The molecule has 0 spiro atoms. The van der Waals surface area contributed by atoms with Gasteiger partial charge in [-0.25, -0.2) is 9.38 Å². The molecule has 6 nitrogen and oxygen atoms in total. The molecule has 3 heterocycles. The Balaban J connectivity index is 1.91. The summed E-state index contributed by atoms with van der Waals surface area (Å²) >= 11 is 0. The quantitative estimate of drug-likeness (QED) is 0.718. The Hall–Kier alpha value is -1.39. The van der Waals surface area contributed by atoms with Gasteiger partial charge in [0.1, 0.15) is 23.7 Å². The van der Waals surface area contributed by atoms with Gasteiger partial charge in [0.15, 0.2) is 6.29 Å². The van der Waals surface area contributed by atoms with Crippen LogP contribution >= 0.6 is 0 Å². The number of likely N-dealkylation sites (tertiary alicyclic amines) is 1. The van der Waals surface area contributed by atoms with Gasteiger partial charge in [0, 0.05) is 12.7 Å². The number of nitrogens with zero attached hydrogens (tertiary/aromatic N) is 3. The molecule has 3 aliphatic heterocycles. The average Bonchev–Trinajstić information content (AvgIpc) is 2.37. The summed E-state index contributed by atoms with van der Waals surface area (Å²) in [6, 6.07) is -0.0169. The van der Waals surface area contributed by atoms with Crippen molar-refractivity contribution in [2.24, 2.45) is 16.5 Å². The second kappa shape index (κ2) is 5.91. The van der Waals surface area contributed by atoms with Crippen molar-refractivity contribution in [1.29, 1.82) is 0 Å². The van der Waals surface area contributed by atoms with E-state index in [0.29, 0.717) is 26.2 Å². The van der Waals surface area contributed by atoms with Gasteiger partial charge in [-0.2, -0.15) is 13.2 Å². The zero-order valence-corrected chi connectivity index (χ0v) is 12.3. The molecule has 0 radical (unpaired) electrons. The van der Waals surface area contributed by atoms with Crippen molar-refractivity contribution in [3.63, 3.8) is 0 Å². The molecule has 130 valence electrons. The summed E-state index contributed by atoms with van der Waals surface area (Å²) in [5, 5.41) is 0. The molecule has 2 fully saturated rings. The largest absolute Gasteiger partial charge is 0.421 e. The molecule has 10 heteroatoms. The third-order valence-corrected chi connectivity index (χ3v) is 4.39. The zero-order valence-electron chi connectivity index (χ0n) is 12.3. The van der Waals surface area contributed by atoms with Crippen LogP contribution in [-0.4, -0.2) is 66.2 Å². The first-order chi connectivity index (χ1) is 10.8. The fourth-order valence-corrected chi connectivity index (χ4v) is 3.15. The molecule has 0 saturated carbocycles. The monoisotopic (exact) mass is 337 g/mol. The highest BCUT2D eigenvalue weighted by Gasteiger charge is 2.46. The van der Waals surface area contributed by atoms with Crippen molar-refractivity contribution in [1.82, 2.24) is 9.80 Å². The van der Waals surface area contributed by atoms with E-state index in [1.165, 1.54) is 0 Å². The van der Waals surface area contributed by atoms with Gasteiger partial charge in [0.2, 0.25) is 0 Å². The van der Waals surface area contributed by atoms with Crippen LogP contribution in [0.2, 0.25) is 0 Å². The van der Waals surface area contributed by atoms with E-state index >= 15 is 0 Å². The van der Waals surface area contributed by atoms with Gasteiger partial charge in [0.25, 0.3) is 0 Å². The maximum atomic E-state index is 14.5. The summed E-state index contributed by atoms with van der Waals surface area (Å²) in [4.78, 5) is 6.59. The molecule has 0 aromatic carbocycles. The maximum Gasteiger partial charge on any atom is 0.421 e. The van der Waals surface area contributed by atoms with E-state index in [0.717, 1.165) is 11.1 Å². The summed E-state index contributed by atoms with van der Waals surface area (Å²) in [5.74, 6) is -0.675. The van der Waals surface area contributed by atoms with E-state index in [-0.39, 0.29) is 12.5 Å². The summed E-state index contributed by atoms with van der Waals surface area (Å²) in [7, 11) is 0. The van der Waals surface area contributed by atoms with Gasteiger partial charge in [-0.3, -0.25) is 10.6 Å². The first-order valence-corrected chi connectivity index (χ1v) is 7.42. The minimum Gasteiger partial charge on any atom is -0.383 e. The molecule has 0 bridgehead atoms. The number of halogens is 4. The molecule has 3 atom stereocenters. The van der Waals surface area contributed by atoms with Crippen LogP contribution in [0.4, 0.5) is 17.6 Å². The molecule has 4 N–H and O–H groups in total. The SMILES string of the molecule is NC1=NC(N)N(C2C(F)CCCN2C2COC2)C=C1C(F)(F)F. The predicted molar refractivity (Wildman–Crippen MR) is 74.8 cm³/mol. The van der Waals surface area contributed by atoms with Crippen LogP contribution in [0, 0.1) is 0 Å². The fourth-order valence-electron chi connectivity index (χ4n) is 3.15. The lowest BCUT2D eigenvalue weighted by atomic mass is 10.0. The standard InChI is InChI=1S/C13H19F4N5O/c14-9-2-1-3-21(7-5-23-6-7)11(9)22-4-8(13(15,16)17)10(18)20-12(22)19/h4,7,9,11-12H,1-3,5-6,19H2,(H2,18,20). The number of nitrogens with two attached hydrogens (primary N) is 2. The highest BCUT2D eigenvalue weighted by atomic mass is 19.4. The number of hydrogen-bond acceptors (Lipinski definition) is 6. The Morgan fingerprint density at radius 3 is 2.57 bits per heavy atom. The Kier molecular flexibility index (Phi) is 4.23. The van der Waals surface area contributed by atoms with Gasteiger partial charge in [-0.05, 0) is 12.8 Å². The third-order valence-electron chi connectivity index (χ3n) is 4.39. The lowest BCUT2D eigenvalue weighted by molar-refractivity contribution is -0.136. The molecule has 3 aliphatic rings. The van der Waals surface area contributed by atoms with Crippen LogP contribution in [0.1, 0.15) is 12.8 Å². The van der Waals surface area contributed by atoms with Gasteiger partial charge in [-0.15, -0.1) is 0 Å². The minimum absolute atomic E-state index is 0.0169. The molecule has 0 aromatic rings. The summed E-state index contributed by atoms with van der Waals surface area (Å²) in [6.07, 6.45) is -6.34. The molecule has 0 aliphatic carbocycles. The first-order valence-electron chi connectivity index (χ1n) is 7.42. The normalized spacial score (nSPS) is 34.0. The zero-order chi connectivity index (χ0) is 16.8. The lowest BCUT2D eigenvalue weighted by Crippen LogP contribution is -2.66. The van der Waals surface area contributed by atoms with Crippen molar-refractivity contribution in [3.8, 4) is 0 Å². The van der Waals surface area contributed by atoms with Crippen LogP contribution in [0.25, 0.3) is 0 Å². The number of piperidine rings is 1. The van der Waals surface area contributed by atoms with E-state index in [1.807, 2.05) is 4.90 Å². The summed E-state index contributed by atoms with van der Waals surface area (Å²) in [5.41, 5.74) is 10.1. The highest BCUT2D eigenvalue weighted by molar-refractivity contribution is 5.98. The average molecular weight is 337 g/mol. The first kappa shape index (κ1) is 16.5. The second-order valence-electron chi connectivity index (χ2n) is 5.92. The number of hydrogen-bond donors (Lipinski definition) is 2. The highest BCUT2D eigenvalue weighted by Crippen LogP contribution is 2.33. The predicted octanol–water partition coefficient (Wildman–Crippen LogP) is 0.507. The van der Waals surface area contributed by atoms with Crippen molar-refractivity contribution in [3.05, 3.63) is 11.8 Å². The molecule has 3 rings (SSSR count). The van der Waals surface area contributed by atoms with Crippen molar-refractivity contribution in [2.45, 2.75) is 43.7 Å². The van der Waals surface area contributed by atoms with E-state index in [4.69, 9.17) is 16.2 Å². The number of rotatable bonds is 2. The Labute approximate surface area is 130 Å². The van der Waals surface area contributed by atoms with Crippen LogP contribution < -0.4 is 11.5 Å². The summed E-state index contributed by atoms with van der Waals surface area (Å²) < 4.78 is 58.8. The maximum absolute atomic E-state index is 14.5. The van der Waals surface area contributed by atoms with Crippen LogP contribution in [0.3, 0.4) is 0 Å². The summed E-state index contributed by atoms with van der Waals surface area (Å²) in [6.45, 7) is 1.46. The smallest absolute Gasteiger partial charge is 0.383 e. The number of alkyl halides is 4. The molecular formula is C13H19F4N5O. The van der Waals surface area contributed by atoms with Crippen molar-refractivity contribution in [2.75, 3.05) is 19.8 Å². The van der Waals surface area contributed by atoms with Gasteiger partial charge in [-0.1, -0.05) is 0 Å². The van der Waals surface area contributed by atoms with E-state index < -0.39 is 36.2 Å². The van der Waals surface area contributed by atoms with Gasteiger partial charge >= 0.3 is 6.18 Å². The number of amidine groups is 1. The van der Waals surface area contributed by atoms with Gasteiger partial charge in [0.05, 0.1) is 19.3 Å². The van der Waals surface area contributed by atoms with Crippen molar-refractivity contribution < 1.29 is 22.3 Å². The fraction of sp³-hybridized carbons (Fsp3) is 0.769. The molecule has 0 aromatic heterocycles. The minimum atomic E-state index is -4.67. The molecular weight excluding hydrogens is 318 g/mol. The van der Waals surface area contributed by atoms with Crippen LogP contribution in [0.15, 0.2) is 16.8 Å². The second-order valence-corrected chi connectivity index (χ2v) is 5.92. The van der Waals surface area contributed by atoms with E-state index in [2.05, 4.69) is 4.99 Å². The van der Waals surface area contributed by atoms with Gasteiger partial charge < -0.3 is 15.4 Å². The Bertz CT molecular complexity index is 519. The molecule has 3 unspecified atom stereocenters. The third kappa shape index (κ3) is 3.02. The van der Waals surface area contributed by atoms with Crippen LogP contribution in [-0.2, 0) is 4.74 Å².